The number of carbonyl (C=O) groups is 1. The molecule has 0 unspecified atom stereocenters. The molecule has 1 aliphatic carbocycles. The highest BCUT2D eigenvalue weighted by Crippen LogP contribution is 2.49. The summed E-state index contributed by atoms with van der Waals surface area (Å²) < 4.78 is 11.6. The molecule has 1 aromatic carbocycles. The molecule has 0 heterocycles. The topological polar surface area (TPSA) is 55.8 Å². The van der Waals surface area contributed by atoms with Gasteiger partial charge >= 0.3 is 5.97 Å². The van der Waals surface area contributed by atoms with Crippen LogP contribution in [0.25, 0.3) is 0 Å². The number of rotatable bonds is 5. The number of halogens is 1. The summed E-state index contributed by atoms with van der Waals surface area (Å²) >= 11 is 3.57. The van der Waals surface area contributed by atoms with E-state index in [-0.39, 0.29) is 0 Å². The highest BCUT2D eigenvalue weighted by atomic mass is 79.9. The maximum Gasteiger partial charge on any atom is 0.314 e. The maximum atomic E-state index is 12.0. The number of hydrogen-bond acceptors (Lipinski definition) is 3. The van der Waals surface area contributed by atoms with E-state index in [0.717, 1.165) is 34.9 Å². The van der Waals surface area contributed by atoms with Crippen molar-refractivity contribution in [1.29, 1.82) is 0 Å². The second-order valence-electron chi connectivity index (χ2n) is 5.40. The van der Waals surface area contributed by atoms with E-state index < -0.39 is 11.4 Å². The van der Waals surface area contributed by atoms with Crippen molar-refractivity contribution in [1.82, 2.24) is 0 Å². The fraction of sp³-hybridized carbons (Fsp3) is 0.562. The van der Waals surface area contributed by atoms with Gasteiger partial charge in [-0.25, -0.2) is 0 Å². The molecule has 1 N–H and O–H groups in total. The number of benzene rings is 1. The van der Waals surface area contributed by atoms with Crippen LogP contribution < -0.4 is 9.47 Å². The van der Waals surface area contributed by atoms with E-state index in [2.05, 4.69) is 15.9 Å². The van der Waals surface area contributed by atoms with Crippen molar-refractivity contribution in [2.45, 2.75) is 44.4 Å². The first kappa shape index (κ1) is 16.1. The van der Waals surface area contributed by atoms with Crippen LogP contribution in [0, 0.1) is 0 Å². The van der Waals surface area contributed by atoms with Gasteiger partial charge in [0, 0.05) is 0 Å². The summed E-state index contributed by atoms with van der Waals surface area (Å²) in [6.07, 6.45) is 3.99. The van der Waals surface area contributed by atoms with Gasteiger partial charge in [-0.2, -0.15) is 0 Å². The Labute approximate surface area is 133 Å². The molecule has 5 heteroatoms. The first-order valence-corrected chi connectivity index (χ1v) is 7.98. The van der Waals surface area contributed by atoms with Gasteiger partial charge < -0.3 is 14.6 Å². The lowest BCUT2D eigenvalue weighted by Gasteiger charge is -2.29. The van der Waals surface area contributed by atoms with Crippen LogP contribution in [0.4, 0.5) is 0 Å². The van der Waals surface area contributed by atoms with Crippen molar-refractivity contribution in [3.8, 4) is 11.5 Å². The Kier molecular flexibility index (Phi) is 4.81. The van der Waals surface area contributed by atoms with Gasteiger partial charge in [-0.05, 0) is 52.4 Å². The van der Waals surface area contributed by atoms with Crippen molar-refractivity contribution in [3.05, 3.63) is 21.7 Å². The fourth-order valence-corrected chi connectivity index (χ4v) is 4.19. The molecule has 0 atom stereocenters. The predicted octanol–water partition coefficient (Wildman–Crippen LogP) is 3.93. The summed E-state index contributed by atoms with van der Waals surface area (Å²) in [5, 5.41) is 9.83. The first-order valence-electron chi connectivity index (χ1n) is 7.19. The number of aliphatic carboxylic acids is 1. The Hall–Kier alpha value is -1.23. The van der Waals surface area contributed by atoms with Crippen LogP contribution in [-0.4, -0.2) is 25.3 Å². The van der Waals surface area contributed by atoms with Crippen LogP contribution in [0.1, 0.15) is 43.7 Å². The van der Waals surface area contributed by atoms with Crippen molar-refractivity contribution in [3.63, 3.8) is 0 Å². The molecule has 0 radical (unpaired) electrons. The molecule has 0 spiro atoms. The summed E-state index contributed by atoms with van der Waals surface area (Å²) in [6, 6.07) is 1.85. The van der Waals surface area contributed by atoms with E-state index in [0.29, 0.717) is 24.3 Å². The lowest BCUT2D eigenvalue weighted by molar-refractivity contribution is -0.143. The van der Waals surface area contributed by atoms with Gasteiger partial charge in [-0.3, -0.25) is 4.79 Å². The van der Waals surface area contributed by atoms with E-state index in [1.54, 1.807) is 14.2 Å². The van der Waals surface area contributed by atoms with E-state index >= 15 is 0 Å². The Bertz CT molecular complexity index is 548. The average Bonchev–Trinajstić information content (AvgIpc) is 2.96. The van der Waals surface area contributed by atoms with Gasteiger partial charge in [0.2, 0.25) is 0 Å². The molecule has 21 heavy (non-hydrogen) atoms. The zero-order chi connectivity index (χ0) is 15.6. The first-order chi connectivity index (χ1) is 10.0. The minimum atomic E-state index is -0.798. The monoisotopic (exact) mass is 356 g/mol. The smallest absolute Gasteiger partial charge is 0.314 e. The Morgan fingerprint density at radius 2 is 1.95 bits per heavy atom. The molecule has 0 aliphatic heterocycles. The fourth-order valence-electron chi connectivity index (χ4n) is 3.34. The zero-order valence-electron chi connectivity index (χ0n) is 12.7. The van der Waals surface area contributed by atoms with Gasteiger partial charge in [-0.15, -0.1) is 0 Å². The van der Waals surface area contributed by atoms with E-state index in [9.17, 15) is 9.90 Å². The lowest BCUT2D eigenvalue weighted by Crippen LogP contribution is -2.34. The SMILES string of the molecule is CCc1c(C2(C(=O)O)CCCC2)cc(OC)c(OC)c1Br. The highest BCUT2D eigenvalue weighted by molar-refractivity contribution is 9.10. The normalized spacial score (nSPS) is 16.8. The molecule has 0 saturated heterocycles. The van der Waals surface area contributed by atoms with Gasteiger partial charge in [0.15, 0.2) is 11.5 Å². The van der Waals surface area contributed by atoms with Crippen molar-refractivity contribution >= 4 is 21.9 Å². The number of methoxy groups -OCH3 is 2. The third-order valence-electron chi connectivity index (χ3n) is 4.45. The lowest BCUT2D eigenvalue weighted by atomic mass is 9.76. The van der Waals surface area contributed by atoms with Crippen LogP contribution >= 0.6 is 15.9 Å². The molecule has 1 saturated carbocycles. The molecule has 0 aromatic heterocycles. The third kappa shape index (κ3) is 2.52. The Balaban J connectivity index is 2.73. The molecular weight excluding hydrogens is 336 g/mol. The summed E-state index contributed by atoms with van der Waals surface area (Å²) in [5.41, 5.74) is 1.06. The van der Waals surface area contributed by atoms with Gasteiger partial charge in [0.1, 0.15) is 0 Å². The van der Waals surface area contributed by atoms with Crippen LogP contribution in [0.3, 0.4) is 0 Å². The average molecular weight is 357 g/mol. The summed E-state index contributed by atoms with van der Waals surface area (Å²) in [5.74, 6) is 0.453. The van der Waals surface area contributed by atoms with E-state index in [1.165, 1.54) is 0 Å². The highest BCUT2D eigenvalue weighted by Gasteiger charge is 2.45. The number of hydrogen-bond donors (Lipinski definition) is 1. The van der Waals surface area contributed by atoms with Gasteiger partial charge in [0.25, 0.3) is 0 Å². The standard InChI is InChI=1S/C16H21BrO4/c1-4-10-11(16(15(18)19)7-5-6-8-16)9-12(20-2)14(21-3)13(10)17/h9H,4-8H2,1-3H3,(H,18,19). The molecule has 0 bridgehead atoms. The molecule has 1 aliphatic rings. The van der Waals surface area contributed by atoms with Crippen molar-refractivity contribution in [2.75, 3.05) is 14.2 Å². The number of carboxylic acid groups (broad SMARTS) is 1. The summed E-state index contributed by atoms with van der Waals surface area (Å²) in [7, 11) is 3.16. The van der Waals surface area contributed by atoms with Crippen LogP contribution in [0.15, 0.2) is 10.5 Å². The van der Waals surface area contributed by atoms with Crippen LogP contribution in [-0.2, 0) is 16.6 Å². The largest absolute Gasteiger partial charge is 0.493 e. The molecule has 4 nitrogen and oxygen atoms in total. The quantitative estimate of drug-likeness (QED) is 0.868. The summed E-state index contributed by atoms with van der Waals surface area (Å²) in [4.78, 5) is 12.0. The minimum Gasteiger partial charge on any atom is -0.493 e. The van der Waals surface area contributed by atoms with E-state index in [1.807, 2.05) is 13.0 Å². The van der Waals surface area contributed by atoms with E-state index in [4.69, 9.17) is 9.47 Å². The number of ether oxygens (including phenoxy) is 2. The molecule has 2 rings (SSSR count). The summed E-state index contributed by atoms with van der Waals surface area (Å²) in [6.45, 7) is 2.03. The molecule has 1 fully saturated rings. The van der Waals surface area contributed by atoms with Crippen molar-refractivity contribution < 1.29 is 19.4 Å². The maximum absolute atomic E-state index is 12.0. The molecule has 116 valence electrons. The van der Waals surface area contributed by atoms with Crippen molar-refractivity contribution in [2.24, 2.45) is 0 Å². The second-order valence-corrected chi connectivity index (χ2v) is 6.19. The Morgan fingerprint density at radius 3 is 2.38 bits per heavy atom. The zero-order valence-corrected chi connectivity index (χ0v) is 14.2. The van der Waals surface area contributed by atoms with Crippen LogP contribution in [0.5, 0.6) is 11.5 Å². The molecular formula is C16H21BrO4. The second kappa shape index (κ2) is 6.26. The van der Waals surface area contributed by atoms with Gasteiger partial charge in [-0.1, -0.05) is 19.8 Å². The molecule has 1 aromatic rings. The number of carboxylic acids is 1. The minimum absolute atomic E-state index is 0.573. The van der Waals surface area contributed by atoms with Gasteiger partial charge in [0.05, 0.1) is 24.1 Å². The molecule has 0 amide bonds. The van der Waals surface area contributed by atoms with Crippen LogP contribution in [0.2, 0.25) is 0 Å². The third-order valence-corrected chi connectivity index (χ3v) is 5.29. The predicted molar refractivity (Wildman–Crippen MR) is 84.4 cm³/mol. The Morgan fingerprint density at radius 1 is 1.33 bits per heavy atom.